The molecule has 1 aliphatic carbocycles. The summed E-state index contributed by atoms with van der Waals surface area (Å²) in [5.41, 5.74) is 4.91. The van der Waals surface area contributed by atoms with Crippen LogP contribution in [-0.2, 0) is 16.1 Å². The number of hydrogen-bond acceptors (Lipinski definition) is 5. The molecule has 3 N–H and O–H groups in total. The first-order valence-corrected chi connectivity index (χ1v) is 7.30. The van der Waals surface area contributed by atoms with Crippen molar-refractivity contribution >= 4 is 24.3 Å². The summed E-state index contributed by atoms with van der Waals surface area (Å²) in [4.78, 5) is 24.5. The van der Waals surface area contributed by atoms with Crippen LogP contribution >= 0.6 is 12.4 Å². The Hall–Kier alpha value is -1.53. The first-order valence-electron chi connectivity index (χ1n) is 7.30. The van der Waals surface area contributed by atoms with Gasteiger partial charge in [0, 0.05) is 0 Å². The number of furan rings is 1. The van der Waals surface area contributed by atoms with Gasteiger partial charge in [0.25, 0.3) is 5.91 Å². The number of amides is 1. The van der Waals surface area contributed by atoms with E-state index in [1.54, 1.807) is 6.07 Å². The lowest BCUT2D eigenvalue weighted by atomic mass is 9.89. The van der Waals surface area contributed by atoms with Crippen molar-refractivity contribution in [2.24, 2.45) is 5.73 Å². The van der Waals surface area contributed by atoms with Crippen LogP contribution in [0.25, 0.3) is 0 Å². The molecule has 124 valence electrons. The van der Waals surface area contributed by atoms with Crippen molar-refractivity contribution < 1.29 is 18.7 Å². The van der Waals surface area contributed by atoms with E-state index in [0.29, 0.717) is 24.2 Å². The monoisotopic (exact) mass is 330 g/mol. The fourth-order valence-corrected chi connectivity index (χ4v) is 2.80. The first kappa shape index (κ1) is 18.5. The van der Waals surface area contributed by atoms with Crippen LogP contribution in [0.3, 0.4) is 0 Å². The van der Waals surface area contributed by atoms with Gasteiger partial charge in [-0.1, -0.05) is 25.7 Å². The summed E-state index contributed by atoms with van der Waals surface area (Å²) in [5.74, 6) is -0.167. The minimum absolute atomic E-state index is 0. The molecule has 1 aromatic rings. The van der Waals surface area contributed by atoms with Gasteiger partial charge in [-0.25, -0.2) is 4.79 Å². The van der Waals surface area contributed by atoms with Gasteiger partial charge in [0.05, 0.1) is 19.2 Å². The van der Waals surface area contributed by atoms with E-state index >= 15 is 0 Å². The molecule has 2 rings (SSSR count). The van der Waals surface area contributed by atoms with Crippen molar-refractivity contribution in [3.05, 3.63) is 23.7 Å². The molecule has 0 spiro atoms. The Labute approximate surface area is 136 Å². The van der Waals surface area contributed by atoms with E-state index in [0.717, 1.165) is 25.7 Å². The summed E-state index contributed by atoms with van der Waals surface area (Å²) in [6.07, 6.45) is 6.50. The van der Waals surface area contributed by atoms with Gasteiger partial charge in [-0.15, -0.1) is 12.4 Å². The normalized spacial score (nSPS) is 17.0. The third-order valence-electron chi connectivity index (χ3n) is 4.00. The molecule has 7 heteroatoms. The first-order chi connectivity index (χ1) is 10.1. The van der Waals surface area contributed by atoms with Gasteiger partial charge in [0.15, 0.2) is 0 Å². The number of nitrogens with two attached hydrogens (primary N) is 1. The highest BCUT2D eigenvalue weighted by molar-refractivity contribution is 5.98. The minimum Gasteiger partial charge on any atom is -0.467 e. The smallest absolute Gasteiger partial charge is 0.331 e. The van der Waals surface area contributed by atoms with E-state index in [2.05, 4.69) is 5.32 Å². The SMILES string of the molecule is COC(=O)C1(NC(=O)c2coc(CN)c2)CCCCCC1.Cl. The molecule has 1 amide bonds. The van der Waals surface area contributed by atoms with Crippen LogP contribution in [0.4, 0.5) is 0 Å². The molecule has 0 saturated heterocycles. The molecule has 1 heterocycles. The largest absolute Gasteiger partial charge is 0.467 e. The van der Waals surface area contributed by atoms with Crippen LogP contribution < -0.4 is 11.1 Å². The molecule has 6 nitrogen and oxygen atoms in total. The van der Waals surface area contributed by atoms with Gasteiger partial charge in [-0.05, 0) is 18.9 Å². The number of carbonyl (C=O) groups is 2. The van der Waals surface area contributed by atoms with Crippen molar-refractivity contribution in [2.75, 3.05) is 7.11 Å². The highest BCUT2D eigenvalue weighted by Gasteiger charge is 2.41. The lowest BCUT2D eigenvalue weighted by molar-refractivity contribution is -0.148. The maximum absolute atomic E-state index is 12.4. The Balaban J connectivity index is 0.00000242. The van der Waals surface area contributed by atoms with Crippen LogP contribution in [0, 0.1) is 0 Å². The molecule has 0 bridgehead atoms. The Morgan fingerprint density at radius 2 is 1.95 bits per heavy atom. The maximum Gasteiger partial charge on any atom is 0.331 e. The van der Waals surface area contributed by atoms with Crippen LogP contribution in [0.5, 0.6) is 0 Å². The van der Waals surface area contributed by atoms with Gasteiger partial charge < -0.3 is 20.2 Å². The van der Waals surface area contributed by atoms with Crippen molar-refractivity contribution in [3.8, 4) is 0 Å². The standard InChI is InChI=1S/C15H22N2O4.ClH/c1-20-14(19)15(6-4-2-3-5-7-15)17-13(18)11-8-12(9-16)21-10-11;/h8,10H,2-7,9,16H2,1H3,(H,17,18);1H. The van der Waals surface area contributed by atoms with Crippen molar-refractivity contribution in [2.45, 2.75) is 50.6 Å². The summed E-state index contributed by atoms with van der Waals surface area (Å²) < 4.78 is 10.1. The molecule has 1 aromatic heterocycles. The zero-order valence-electron chi connectivity index (χ0n) is 12.7. The van der Waals surface area contributed by atoms with E-state index in [1.807, 2.05) is 0 Å². The zero-order valence-corrected chi connectivity index (χ0v) is 13.5. The Bertz CT molecular complexity index is 507. The third kappa shape index (κ3) is 4.01. The molecule has 0 radical (unpaired) electrons. The summed E-state index contributed by atoms with van der Waals surface area (Å²) in [5, 5.41) is 2.86. The van der Waals surface area contributed by atoms with Gasteiger partial charge in [0.1, 0.15) is 17.6 Å². The van der Waals surface area contributed by atoms with E-state index in [9.17, 15) is 9.59 Å². The molecule has 0 aliphatic heterocycles. The number of halogens is 1. The van der Waals surface area contributed by atoms with Crippen molar-refractivity contribution in [3.63, 3.8) is 0 Å². The minimum atomic E-state index is -0.928. The number of carbonyl (C=O) groups excluding carboxylic acids is 2. The van der Waals surface area contributed by atoms with E-state index < -0.39 is 5.54 Å². The molecule has 1 aliphatic rings. The van der Waals surface area contributed by atoms with Gasteiger partial charge in [0.2, 0.25) is 0 Å². The van der Waals surface area contributed by atoms with Crippen LogP contribution in [0.1, 0.15) is 54.6 Å². The van der Waals surface area contributed by atoms with Crippen LogP contribution in [0.15, 0.2) is 16.7 Å². The molecule has 0 atom stereocenters. The van der Waals surface area contributed by atoms with E-state index in [4.69, 9.17) is 14.9 Å². The lowest BCUT2D eigenvalue weighted by Gasteiger charge is -2.30. The predicted octanol–water partition coefficient (Wildman–Crippen LogP) is 2.16. The second kappa shape index (κ2) is 8.19. The summed E-state index contributed by atoms with van der Waals surface area (Å²) >= 11 is 0. The lowest BCUT2D eigenvalue weighted by Crippen LogP contribution is -2.54. The fraction of sp³-hybridized carbons (Fsp3) is 0.600. The number of ether oxygens (including phenoxy) is 1. The number of esters is 1. The molecular formula is C15H23ClN2O4. The Kier molecular flexibility index (Phi) is 6.90. The maximum atomic E-state index is 12.4. The van der Waals surface area contributed by atoms with Crippen molar-refractivity contribution in [1.29, 1.82) is 0 Å². The molecule has 1 fully saturated rings. The average Bonchev–Trinajstić information content (AvgIpc) is 2.87. The van der Waals surface area contributed by atoms with E-state index in [1.165, 1.54) is 13.4 Å². The Morgan fingerprint density at radius 3 is 2.45 bits per heavy atom. The topological polar surface area (TPSA) is 94.6 Å². The fourth-order valence-electron chi connectivity index (χ4n) is 2.80. The Morgan fingerprint density at radius 1 is 1.32 bits per heavy atom. The molecule has 1 saturated carbocycles. The second-order valence-corrected chi connectivity index (χ2v) is 5.45. The zero-order chi connectivity index (χ0) is 15.3. The van der Waals surface area contributed by atoms with Gasteiger partial charge in [-0.2, -0.15) is 0 Å². The van der Waals surface area contributed by atoms with Crippen molar-refractivity contribution in [1.82, 2.24) is 5.32 Å². The van der Waals surface area contributed by atoms with Gasteiger partial charge >= 0.3 is 5.97 Å². The quantitative estimate of drug-likeness (QED) is 0.651. The summed E-state index contributed by atoms with van der Waals surface area (Å²) in [6, 6.07) is 1.59. The average molecular weight is 331 g/mol. The molecule has 22 heavy (non-hydrogen) atoms. The van der Waals surface area contributed by atoms with Crippen LogP contribution in [0.2, 0.25) is 0 Å². The van der Waals surface area contributed by atoms with Crippen LogP contribution in [-0.4, -0.2) is 24.5 Å². The molecule has 0 unspecified atom stereocenters. The number of rotatable bonds is 4. The number of nitrogens with one attached hydrogen (secondary N) is 1. The molecule has 0 aromatic carbocycles. The summed E-state index contributed by atoms with van der Waals surface area (Å²) in [6.45, 7) is 0.232. The van der Waals surface area contributed by atoms with Gasteiger partial charge in [-0.3, -0.25) is 4.79 Å². The highest BCUT2D eigenvalue weighted by atomic mass is 35.5. The second-order valence-electron chi connectivity index (χ2n) is 5.45. The van der Waals surface area contributed by atoms with E-state index in [-0.39, 0.29) is 30.8 Å². The predicted molar refractivity (Wildman–Crippen MR) is 83.8 cm³/mol. The molecular weight excluding hydrogens is 308 g/mol. The highest BCUT2D eigenvalue weighted by Crippen LogP contribution is 2.29. The number of hydrogen-bond donors (Lipinski definition) is 2. The third-order valence-corrected chi connectivity index (χ3v) is 4.00. The summed E-state index contributed by atoms with van der Waals surface area (Å²) in [7, 11) is 1.35. The number of methoxy groups -OCH3 is 1.